The average Bonchev–Trinajstić information content (AvgIpc) is 2.62. The maximum Gasteiger partial charge on any atom is 0.220 e. The van der Waals surface area contributed by atoms with Gasteiger partial charge in [0.15, 0.2) is 0 Å². The molecule has 0 bridgehead atoms. The molecule has 0 aromatic rings. The molecule has 5 heteroatoms. The number of likely N-dealkylation sites (N-methyl/N-ethyl adjacent to an activating group) is 1. The minimum atomic E-state index is 0.0846. The number of nitrogens with two attached hydrogens (primary N) is 1. The van der Waals surface area contributed by atoms with Crippen molar-refractivity contribution >= 4 is 5.91 Å². The molecular formula is C19H38N4O. The van der Waals surface area contributed by atoms with Gasteiger partial charge in [0, 0.05) is 39.1 Å². The van der Waals surface area contributed by atoms with Crippen molar-refractivity contribution in [3.05, 3.63) is 0 Å². The fourth-order valence-corrected chi connectivity index (χ4v) is 4.18. The number of piperazine rings is 1. The SMILES string of the molecule is CCN1CCN(CCCCNC(=O)CC2(CN)CCCCC2)CC1. The van der Waals surface area contributed by atoms with Gasteiger partial charge in [-0.25, -0.2) is 0 Å². The van der Waals surface area contributed by atoms with Gasteiger partial charge in [0.05, 0.1) is 0 Å². The molecule has 1 aliphatic carbocycles. The molecule has 140 valence electrons. The van der Waals surface area contributed by atoms with Crippen LogP contribution in [0.25, 0.3) is 0 Å². The van der Waals surface area contributed by atoms with Gasteiger partial charge in [-0.1, -0.05) is 26.2 Å². The Balaban J connectivity index is 1.53. The van der Waals surface area contributed by atoms with Crippen molar-refractivity contribution in [1.29, 1.82) is 0 Å². The quantitative estimate of drug-likeness (QED) is 0.630. The number of nitrogens with one attached hydrogen (secondary N) is 1. The molecule has 1 heterocycles. The molecule has 3 N–H and O–H groups in total. The molecule has 24 heavy (non-hydrogen) atoms. The largest absolute Gasteiger partial charge is 0.356 e. The minimum absolute atomic E-state index is 0.0846. The monoisotopic (exact) mass is 338 g/mol. The van der Waals surface area contributed by atoms with Crippen LogP contribution >= 0.6 is 0 Å². The van der Waals surface area contributed by atoms with Crippen molar-refractivity contribution in [2.45, 2.75) is 58.3 Å². The zero-order valence-electron chi connectivity index (χ0n) is 15.7. The molecule has 0 aromatic carbocycles. The number of hydrogen-bond donors (Lipinski definition) is 2. The zero-order valence-corrected chi connectivity index (χ0v) is 15.7. The Morgan fingerprint density at radius 3 is 2.33 bits per heavy atom. The lowest BCUT2D eigenvalue weighted by molar-refractivity contribution is -0.123. The second-order valence-electron chi connectivity index (χ2n) is 7.77. The van der Waals surface area contributed by atoms with Crippen molar-refractivity contribution < 1.29 is 4.79 Å². The number of hydrogen-bond acceptors (Lipinski definition) is 4. The Hall–Kier alpha value is -0.650. The van der Waals surface area contributed by atoms with Crippen LogP contribution < -0.4 is 11.1 Å². The summed E-state index contributed by atoms with van der Waals surface area (Å²) in [7, 11) is 0. The van der Waals surface area contributed by atoms with Gasteiger partial charge in [-0.15, -0.1) is 0 Å². The second kappa shape index (κ2) is 10.4. The molecule has 0 spiro atoms. The number of rotatable bonds is 9. The topological polar surface area (TPSA) is 61.6 Å². The van der Waals surface area contributed by atoms with Crippen LogP contribution in [0.4, 0.5) is 0 Å². The summed E-state index contributed by atoms with van der Waals surface area (Å²) in [5.74, 6) is 0.207. The van der Waals surface area contributed by atoms with Gasteiger partial charge in [-0.2, -0.15) is 0 Å². The molecule has 1 aliphatic heterocycles. The molecule has 1 saturated heterocycles. The summed E-state index contributed by atoms with van der Waals surface area (Å²) in [4.78, 5) is 17.3. The Morgan fingerprint density at radius 1 is 1.04 bits per heavy atom. The van der Waals surface area contributed by atoms with E-state index in [4.69, 9.17) is 5.73 Å². The van der Waals surface area contributed by atoms with Crippen molar-refractivity contribution in [3.8, 4) is 0 Å². The van der Waals surface area contributed by atoms with E-state index in [-0.39, 0.29) is 11.3 Å². The van der Waals surface area contributed by atoms with Crippen LogP contribution in [0, 0.1) is 5.41 Å². The standard InChI is InChI=1S/C19H38N4O/c1-2-22-12-14-23(15-13-22)11-7-6-10-21-18(24)16-19(17-20)8-4-3-5-9-19/h2-17,20H2,1H3,(H,21,24). The lowest BCUT2D eigenvalue weighted by Crippen LogP contribution is -2.46. The molecule has 1 amide bonds. The number of nitrogens with zero attached hydrogens (tertiary/aromatic N) is 2. The summed E-state index contributed by atoms with van der Waals surface area (Å²) in [5, 5.41) is 3.12. The summed E-state index contributed by atoms with van der Waals surface area (Å²) >= 11 is 0. The summed E-state index contributed by atoms with van der Waals surface area (Å²) < 4.78 is 0. The van der Waals surface area contributed by atoms with Gasteiger partial charge in [0.1, 0.15) is 0 Å². The fourth-order valence-electron chi connectivity index (χ4n) is 4.18. The van der Waals surface area contributed by atoms with Crippen LogP contribution in [-0.2, 0) is 4.79 Å². The average molecular weight is 339 g/mol. The van der Waals surface area contributed by atoms with E-state index >= 15 is 0 Å². The highest BCUT2D eigenvalue weighted by Gasteiger charge is 2.32. The van der Waals surface area contributed by atoms with Crippen LogP contribution in [0.5, 0.6) is 0 Å². The van der Waals surface area contributed by atoms with E-state index in [9.17, 15) is 4.79 Å². The highest BCUT2D eigenvalue weighted by Crippen LogP contribution is 2.38. The first kappa shape index (κ1) is 19.7. The molecule has 0 atom stereocenters. The zero-order chi connectivity index (χ0) is 17.3. The molecule has 0 radical (unpaired) electrons. The van der Waals surface area contributed by atoms with Gasteiger partial charge in [0.2, 0.25) is 5.91 Å². The van der Waals surface area contributed by atoms with Crippen LogP contribution in [0.1, 0.15) is 58.3 Å². The summed E-state index contributed by atoms with van der Waals surface area (Å²) in [6.07, 6.45) is 8.90. The van der Waals surface area contributed by atoms with E-state index in [2.05, 4.69) is 22.0 Å². The number of carbonyl (C=O) groups is 1. The third kappa shape index (κ3) is 6.34. The molecule has 2 fully saturated rings. The highest BCUT2D eigenvalue weighted by molar-refractivity contribution is 5.76. The number of unbranched alkanes of at least 4 members (excludes halogenated alkanes) is 1. The molecule has 5 nitrogen and oxygen atoms in total. The predicted octanol–water partition coefficient (Wildman–Crippen LogP) is 1.82. The molecule has 2 rings (SSSR count). The maximum atomic E-state index is 12.2. The molecule has 1 saturated carbocycles. The third-order valence-electron chi connectivity index (χ3n) is 6.02. The lowest BCUT2D eigenvalue weighted by Gasteiger charge is -2.35. The number of carbonyl (C=O) groups excluding carboxylic acids is 1. The molecule has 0 aromatic heterocycles. The van der Waals surface area contributed by atoms with Crippen LogP contribution in [0.2, 0.25) is 0 Å². The van der Waals surface area contributed by atoms with Gasteiger partial charge in [-0.05, 0) is 50.7 Å². The Labute approximate surface area is 148 Å². The van der Waals surface area contributed by atoms with Crippen molar-refractivity contribution in [2.75, 3.05) is 52.4 Å². The van der Waals surface area contributed by atoms with Gasteiger partial charge >= 0.3 is 0 Å². The molecule has 2 aliphatic rings. The normalized spacial score (nSPS) is 22.4. The van der Waals surface area contributed by atoms with E-state index in [1.54, 1.807) is 0 Å². The fraction of sp³-hybridized carbons (Fsp3) is 0.947. The summed E-state index contributed by atoms with van der Waals surface area (Å²) in [5.41, 5.74) is 6.06. The summed E-state index contributed by atoms with van der Waals surface area (Å²) in [6.45, 7) is 10.8. The van der Waals surface area contributed by atoms with Gasteiger partial charge in [0.25, 0.3) is 0 Å². The Bertz CT molecular complexity index is 360. The highest BCUT2D eigenvalue weighted by atomic mass is 16.1. The predicted molar refractivity (Wildman–Crippen MR) is 100.0 cm³/mol. The second-order valence-corrected chi connectivity index (χ2v) is 7.77. The van der Waals surface area contributed by atoms with E-state index < -0.39 is 0 Å². The first-order valence-corrected chi connectivity index (χ1v) is 10.1. The Kier molecular flexibility index (Phi) is 8.50. The Morgan fingerprint density at radius 2 is 1.71 bits per heavy atom. The number of amides is 1. The van der Waals surface area contributed by atoms with E-state index in [0.29, 0.717) is 13.0 Å². The van der Waals surface area contributed by atoms with Crippen molar-refractivity contribution in [2.24, 2.45) is 11.1 Å². The lowest BCUT2D eigenvalue weighted by atomic mass is 9.71. The van der Waals surface area contributed by atoms with Gasteiger partial charge in [-0.3, -0.25) is 4.79 Å². The molecule has 0 unspecified atom stereocenters. The first-order valence-electron chi connectivity index (χ1n) is 10.1. The smallest absolute Gasteiger partial charge is 0.220 e. The first-order chi connectivity index (χ1) is 11.7. The van der Waals surface area contributed by atoms with E-state index in [1.165, 1.54) is 65.0 Å². The third-order valence-corrected chi connectivity index (χ3v) is 6.02. The molecular weight excluding hydrogens is 300 g/mol. The van der Waals surface area contributed by atoms with Gasteiger partial charge < -0.3 is 20.9 Å². The van der Waals surface area contributed by atoms with E-state index in [0.717, 1.165) is 25.8 Å². The maximum absolute atomic E-state index is 12.2. The van der Waals surface area contributed by atoms with Crippen molar-refractivity contribution in [1.82, 2.24) is 15.1 Å². The van der Waals surface area contributed by atoms with Crippen molar-refractivity contribution in [3.63, 3.8) is 0 Å². The van der Waals surface area contributed by atoms with Crippen LogP contribution in [-0.4, -0.2) is 68.1 Å². The van der Waals surface area contributed by atoms with Crippen LogP contribution in [0.15, 0.2) is 0 Å². The summed E-state index contributed by atoms with van der Waals surface area (Å²) in [6, 6.07) is 0. The van der Waals surface area contributed by atoms with E-state index in [1.807, 2.05) is 0 Å². The van der Waals surface area contributed by atoms with Crippen LogP contribution in [0.3, 0.4) is 0 Å². The minimum Gasteiger partial charge on any atom is -0.356 e.